The lowest BCUT2D eigenvalue weighted by atomic mass is 10.2. The first-order valence-electron chi connectivity index (χ1n) is 6.41. The Bertz CT molecular complexity index is 655. The van der Waals surface area contributed by atoms with Crippen LogP contribution in [0.5, 0.6) is 0 Å². The fraction of sp³-hybridized carbons (Fsp3) is 0.286. The number of hydrogen-bond donors (Lipinski definition) is 1. The van der Waals surface area contributed by atoms with Crippen LogP contribution in [0.1, 0.15) is 6.92 Å². The van der Waals surface area contributed by atoms with E-state index in [1.807, 2.05) is 0 Å². The number of benzene rings is 1. The standard InChI is InChI=1S/C14H14F3N3OS/c1-9(12(18)21)22-13-19-7-11(10-5-3-2-4-6-10)20(13)8-14(15,16)17/h2-7,9H,8H2,1H3,(H2,18,21)/t9-/m1/s1. The Morgan fingerprint density at radius 2 is 2.00 bits per heavy atom. The molecule has 118 valence electrons. The molecule has 8 heteroatoms. The van der Waals surface area contributed by atoms with Crippen LogP contribution in [0.2, 0.25) is 0 Å². The minimum absolute atomic E-state index is 0.113. The monoisotopic (exact) mass is 329 g/mol. The van der Waals surface area contributed by atoms with Gasteiger partial charge in [0.05, 0.1) is 17.1 Å². The van der Waals surface area contributed by atoms with Crippen LogP contribution in [0.15, 0.2) is 41.7 Å². The molecule has 0 saturated heterocycles. The molecule has 4 nitrogen and oxygen atoms in total. The lowest BCUT2D eigenvalue weighted by Crippen LogP contribution is -2.24. The third-order valence-electron chi connectivity index (χ3n) is 2.91. The minimum Gasteiger partial charge on any atom is -0.369 e. The largest absolute Gasteiger partial charge is 0.406 e. The van der Waals surface area contributed by atoms with E-state index in [1.165, 1.54) is 13.1 Å². The Hall–Kier alpha value is -1.96. The van der Waals surface area contributed by atoms with Gasteiger partial charge in [0.2, 0.25) is 5.91 Å². The summed E-state index contributed by atoms with van der Waals surface area (Å²) in [5, 5.41) is -0.555. The molecule has 2 rings (SSSR count). The molecule has 1 amide bonds. The highest BCUT2D eigenvalue weighted by molar-refractivity contribution is 8.00. The van der Waals surface area contributed by atoms with Crippen LogP contribution < -0.4 is 5.73 Å². The minimum atomic E-state index is -4.39. The van der Waals surface area contributed by atoms with E-state index in [2.05, 4.69) is 4.98 Å². The van der Waals surface area contributed by atoms with E-state index in [-0.39, 0.29) is 5.16 Å². The number of nitrogens with zero attached hydrogens (tertiary/aromatic N) is 2. The SMILES string of the molecule is C[C@@H](Sc1ncc(-c2ccccc2)n1CC(F)(F)F)C(N)=O. The molecule has 0 saturated carbocycles. The summed E-state index contributed by atoms with van der Waals surface area (Å²) in [4.78, 5) is 15.1. The van der Waals surface area contributed by atoms with Crippen LogP contribution >= 0.6 is 11.8 Å². The number of amides is 1. The molecule has 1 aromatic heterocycles. The zero-order chi connectivity index (χ0) is 16.3. The zero-order valence-corrected chi connectivity index (χ0v) is 12.5. The topological polar surface area (TPSA) is 60.9 Å². The quantitative estimate of drug-likeness (QED) is 0.858. The van der Waals surface area contributed by atoms with E-state index >= 15 is 0 Å². The number of halogens is 3. The van der Waals surface area contributed by atoms with Crippen LogP contribution in [0, 0.1) is 0 Å². The average Bonchev–Trinajstić information content (AvgIpc) is 2.80. The first-order chi connectivity index (χ1) is 10.3. The molecule has 0 aliphatic rings. The van der Waals surface area contributed by atoms with Crippen LogP contribution in [0.4, 0.5) is 13.2 Å². The molecule has 1 heterocycles. The van der Waals surface area contributed by atoms with E-state index in [0.29, 0.717) is 11.3 Å². The Morgan fingerprint density at radius 1 is 1.36 bits per heavy atom. The number of carbonyl (C=O) groups excluding carboxylic acids is 1. The van der Waals surface area contributed by atoms with E-state index in [9.17, 15) is 18.0 Å². The van der Waals surface area contributed by atoms with Crippen molar-refractivity contribution in [2.45, 2.75) is 30.1 Å². The summed E-state index contributed by atoms with van der Waals surface area (Å²) in [7, 11) is 0. The van der Waals surface area contributed by atoms with Gasteiger partial charge in [-0.25, -0.2) is 4.98 Å². The second-order valence-electron chi connectivity index (χ2n) is 4.66. The molecule has 2 aromatic rings. The Morgan fingerprint density at radius 3 is 2.55 bits per heavy atom. The van der Waals surface area contributed by atoms with Gasteiger partial charge in [-0.1, -0.05) is 42.1 Å². The van der Waals surface area contributed by atoms with E-state index < -0.39 is 23.9 Å². The fourth-order valence-corrected chi connectivity index (χ4v) is 2.68. The molecule has 0 spiro atoms. The van der Waals surface area contributed by atoms with Gasteiger partial charge in [0.25, 0.3) is 0 Å². The Kier molecular flexibility index (Phi) is 4.80. The lowest BCUT2D eigenvalue weighted by Gasteiger charge is -2.15. The van der Waals surface area contributed by atoms with Crippen molar-refractivity contribution in [2.75, 3.05) is 0 Å². The number of primary amides is 1. The number of alkyl halides is 3. The highest BCUT2D eigenvalue weighted by Crippen LogP contribution is 2.31. The number of aromatic nitrogens is 2. The van der Waals surface area contributed by atoms with Crippen LogP contribution in [-0.2, 0) is 11.3 Å². The highest BCUT2D eigenvalue weighted by atomic mass is 32.2. The molecule has 0 aliphatic heterocycles. The van der Waals surface area contributed by atoms with Gasteiger partial charge in [-0.2, -0.15) is 13.2 Å². The van der Waals surface area contributed by atoms with E-state index in [0.717, 1.165) is 16.3 Å². The molecule has 0 aliphatic carbocycles. The number of imidazole rings is 1. The molecule has 2 N–H and O–H groups in total. The van der Waals surface area contributed by atoms with Crippen molar-refractivity contribution >= 4 is 17.7 Å². The number of thioether (sulfide) groups is 1. The second-order valence-corrected chi connectivity index (χ2v) is 5.96. The molecule has 22 heavy (non-hydrogen) atoms. The third kappa shape index (κ3) is 4.03. The van der Waals surface area contributed by atoms with Crippen molar-refractivity contribution in [2.24, 2.45) is 5.73 Å². The maximum absolute atomic E-state index is 12.8. The summed E-state index contributed by atoms with van der Waals surface area (Å²) < 4.78 is 39.6. The van der Waals surface area contributed by atoms with Crippen molar-refractivity contribution in [1.29, 1.82) is 0 Å². The van der Waals surface area contributed by atoms with Gasteiger partial charge in [0.15, 0.2) is 5.16 Å². The van der Waals surface area contributed by atoms with Crippen LogP contribution in [0.3, 0.4) is 0 Å². The maximum atomic E-state index is 12.8. The fourth-order valence-electron chi connectivity index (χ4n) is 1.84. The molecular formula is C14H14F3N3OS. The average molecular weight is 329 g/mol. The molecule has 1 aromatic carbocycles. The summed E-state index contributed by atoms with van der Waals surface area (Å²) >= 11 is 0.912. The summed E-state index contributed by atoms with van der Waals surface area (Å²) in [6.45, 7) is 0.354. The number of hydrogen-bond acceptors (Lipinski definition) is 3. The molecule has 0 radical (unpaired) electrons. The lowest BCUT2D eigenvalue weighted by molar-refractivity contribution is -0.141. The first kappa shape index (κ1) is 16.4. The smallest absolute Gasteiger partial charge is 0.369 e. The summed E-state index contributed by atoms with van der Waals surface area (Å²) in [5.41, 5.74) is 6.13. The zero-order valence-electron chi connectivity index (χ0n) is 11.7. The van der Waals surface area contributed by atoms with Crippen LogP contribution in [-0.4, -0.2) is 26.9 Å². The molecule has 0 fully saturated rings. The number of nitrogens with two attached hydrogens (primary N) is 1. The van der Waals surface area contributed by atoms with Gasteiger partial charge in [-0.3, -0.25) is 4.79 Å². The van der Waals surface area contributed by atoms with E-state index in [4.69, 9.17) is 5.73 Å². The Balaban J connectivity index is 2.42. The van der Waals surface area contributed by atoms with Gasteiger partial charge in [0, 0.05) is 0 Å². The summed E-state index contributed by atoms with van der Waals surface area (Å²) in [6, 6.07) is 8.66. The molecular weight excluding hydrogens is 315 g/mol. The number of carbonyl (C=O) groups is 1. The third-order valence-corrected chi connectivity index (χ3v) is 4.03. The first-order valence-corrected chi connectivity index (χ1v) is 7.29. The van der Waals surface area contributed by atoms with Gasteiger partial charge in [0.1, 0.15) is 6.54 Å². The van der Waals surface area contributed by atoms with Crippen molar-refractivity contribution in [3.05, 3.63) is 36.5 Å². The van der Waals surface area contributed by atoms with Crippen molar-refractivity contribution < 1.29 is 18.0 Å². The maximum Gasteiger partial charge on any atom is 0.406 e. The van der Waals surface area contributed by atoms with Crippen molar-refractivity contribution in [1.82, 2.24) is 9.55 Å². The van der Waals surface area contributed by atoms with Crippen molar-refractivity contribution in [3.8, 4) is 11.3 Å². The predicted octanol–water partition coefficient (Wildman–Crippen LogP) is 3.08. The van der Waals surface area contributed by atoms with Gasteiger partial charge in [-0.05, 0) is 12.5 Å². The van der Waals surface area contributed by atoms with Gasteiger partial charge >= 0.3 is 6.18 Å². The molecule has 1 atom stereocenters. The molecule has 0 unspecified atom stereocenters. The molecule has 0 bridgehead atoms. The Labute approximate surface area is 129 Å². The van der Waals surface area contributed by atoms with Crippen LogP contribution in [0.25, 0.3) is 11.3 Å². The highest BCUT2D eigenvalue weighted by Gasteiger charge is 2.31. The van der Waals surface area contributed by atoms with Crippen molar-refractivity contribution in [3.63, 3.8) is 0 Å². The normalized spacial score (nSPS) is 13.1. The second kappa shape index (κ2) is 6.43. The van der Waals surface area contributed by atoms with Gasteiger partial charge in [-0.15, -0.1) is 0 Å². The predicted molar refractivity (Wildman–Crippen MR) is 78.2 cm³/mol. The number of rotatable bonds is 5. The summed E-state index contributed by atoms with van der Waals surface area (Å²) in [5.74, 6) is -0.604. The summed E-state index contributed by atoms with van der Waals surface area (Å²) in [6.07, 6.45) is -3.02. The van der Waals surface area contributed by atoms with Gasteiger partial charge < -0.3 is 10.3 Å². The van der Waals surface area contributed by atoms with E-state index in [1.54, 1.807) is 30.3 Å².